The van der Waals surface area contributed by atoms with Crippen molar-refractivity contribution in [2.45, 2.75) is 62.9 Å². The van der Waals surface area contributed by atoms with E-state index in [4.69, 9.17) is 24.7 Å². The predicted octanol–water partition coefficient (Wildman–Crippen LogP) is 5.24. The predicted molar refractivity (Wildman–Crippen MR) is 177 cm³/mol. The second-order valence-electron chi connectivity index (χ2n) is 11.8. The summed E-state index contributed by atoms with van der Waals surface area (Å²) in [5.74, 6) is -1.08. The number of aromatic nitrogens is 1. The summed E-state index contributed by atoms with van der Waals surface area (Å²) < 4.78 is 27.8. The molecule has 9 heteroatoms. The average molecular weight is 637 g/mol. The molecular formula is C38H40N2O7. The summed E-state index contributed by atoms with van der Waals surface area (Å²) in [7, 11) is 0. The number of nitrogens with zero attached hydrogens (tertiary/aromatic N) is 1. The molecule has 4 aromatic carbocycles. The Morgan fingerprint density at radius 2 is 1.30 bits per heavy atom. The molecule has 1 fully saturated rings. The summed E-state index contributed by atoms with van der Waals surface area (Å²) in [6.45, 7) is 1.09. The number of aliphatic carboxylic acids is 1. The van der Waals surface area contributed by atoms with Gasteiger partial charge in [0.2, 0.25) is 0 Å². The van der Waals surface area contributed by atoms with E-state index in [1.165, 1.54) is 0 Å². The number of carboxylic acids is 1. The van der Waals surface area contributed by atoms with E-state index in [2.05, 4.69) is 0 Å². The van der Waals surface area contributed by atoms with Gasteiger partial charge >= 0.3 is 5.97 Å². The molecule has 1 aliphatic rings. The quantitative estimate of drug-likeness (QED) is 0.151. The highest BCUT2D eigenvalue weighted by Gasteiger charge is 2.48. The second-order valence-corrected chi connectivity index (χ2v) is 11.8. The minimum Gasteiger partial charge on any atom is -0.480 e. The molecule has 0 radical (unpaired) electrons. The summed E-state index contributed by atoms with van der Waals surface area (Å²) in [6.07, 6.45) is -2.20. The van der Waals surface area contributed by atoms with E-state index >= 15 is 0 Å². The summed E-state index contributed by atoms with van der Waals surface area (Å²) >= 11 is 0. The van der Waals surface area contributed by atoms with Crippen LogP contribution in [0.2, 0.25) is 0 Å². The molecule has 6 rings (SSSR count). The number of hydrogen-bond donors (Lipinski definition) is 3. The first kappa shape index (κ1) is 32.6. The van der Waals surface area contributed by atoms with Gasteiger partial charge in [0, 0.05) is 18.0 Å². The minimum atomic E-state index is -1.15. The van der Waals surface area contributed by atoms with E-state index in [1.54, 1.807) is 0 Å². The molecule has 0 saturated carbocycles. The Kier molecular flexibility index (Phi) is 10.7. The van der Waals surface area contributed by atoms with Crippen LogP contribution >= 0.6 is 0 Å². The lowest BCUT2D eigenvalue weighted by Crippen LogP contribution is -2.58. The van der Waals surface area contributed by atoms with Crippen LogP contribution in [0.25, 0.3) is 10.9 Å². The minimum absolute atomic E-state index is 0.117. The molecule has 1 aromatic heterocycles. The molecule has 0 bridgehead atoms. The van der Waals surface area contributed by atoms with Crippen molar-refractivity contribution in [2.75, 3.05) is 6.61 Å². The van der Waals surface area contributed by atoms with E-state index in [1.807, 2.05) is 126 Å². The Balaban J connectivity index is 1.34. The normalized spacial score (nSPS) is 21.9. The third kappa shape index (κ3) is 7.97. The molecule has 244 valence electrons. The number of carbonyl (C=O) groups is 1. The first-order valence-corrected chi connectivity index (χ1v) is 15.8. The molecule has 4 N–H and O–H groups in total. The third-order valence-corrected chi connectivity index (χ3v) is 8.45. The third-order valence-electron chi connectivity index (χ3n) is 8.45. The van der Waals surface area contributed by atoms with Crippen molar-refractivity contribution >= 4 is 16.9 Å². The van der Waals surface area contributed by atoms with Crippen LogP contribution in [-0.2, 0) is 50.0 Å². The monoisotopic (exact) mass is 636 g/mol. The van der Waals surface area contributed by atoms with Crippen LogP contribution < -0.4 is 5.73 Å². The lowest BCUT2D eigenvalue weighted by atomic mass is 9.97. The lowest BCUT2D eigenvalue weighted by molar-refractivity contribution is -0.278. The lowest BCUT2D eigenvalue weighted by Gasteiger charge is -2.45. The fraction of sp³-hybridized carbons (Fsp3) is 0.289. The maximum absolute atomic E-state index is 12.1. The van der Waals surface area contributed by atoms with Crippen LogP contribution in [0.3, 0.4) is 0 Å². The molecule has 0 spiro atoms. The van der Waals surface area contributed by atoms with E-state index in [0.717, 1.165) is 33.2 Å². The van der Waals surface area contributed by atoms with Gasteiger partial charge in [-0.05, 0) is 28.3 Å². The Hall–Kier alpha value is -4.35. The molecule has 1 unspecified atom stereocenters. The van der Waals surface area contributed by atoms with Crippen LogP contribution in [0.4, 0.5) is 0 Å². The Morgan fingerprint density at radius 1 is 0.766 bits per heavy atom. The molecule has 1 saturated heterocycles. The number of rotatable bonds is 14. The zero-order valence-corrected chi connectivity index (χ0v) is 26.0. The number of hydrogen-bond acceptors (Lipinski definition) is 7. The number of carboxylic acid groups (broad SMARTS) is 1. The number of aliphatic hydroxyl groups excluding tert-OH is 1. The molecule has 0 aliphatic carbocycles. The van der Waals surface area contributed by atoms with E-state index in [9.17, 15) is 15.0 Å². The molecule has 47 heavy (non-hydrogen) atoms. The van der Waals surface area contributed by atoms with Gasteiger partial charge in [0.25, 0.3) is 0 Å². The first-order chi connectivity index (χ1) is 23.0. The van der Waals surface area contributed by atoms with Crippen molar-refractivity contribution in [3.05, 3.63) is 144 Å². The number of benzene rings is 4. The second kappa shape index (κ2) is 15.5. The van der Waals surface area contributed by atoms with Crippen molar-refractivity contribution in [1.82, 2.24) is 4.57 Å². The summed E-state index contributed by atoms with van der Waals surface area (Å²) in [6, 6.07) is 36.0. The van der Waals surface area contributed by atoms with E-state index in [0.29, 0.717) is 6.61 Å². The maximum Gasteiger partial charge on any atom is 0.320 e. The van der Waals surface area contributed by atoms with Crippen LogP contribution in [0, 0.1) is 0 Å². The standard InChI is InChI=1S/C38H40N2O7/c39-31(38(42)43)20-29-21-40(32-19-11-10-18-30(29)32)37-34(41)36(46-24-28-16-8-3-9-17-28)35(45-23-27-14-6-2-7-15-27)33(47-37)25-44-22-26-12-4-1-5-13-26/h1-19,21,31,33-37,41H,20,22-25,39H2,(H,42,43)/t31?,33-,34+,35-,36-,37+/m1/s1. The van der Waals surface area contributed by atoms with Gasteiger partial charge in [0.05, 0.1) is 31.9 Å². The number of aliphatic hydroxyl groups is 1. The molecule has 6 atom stereocenters. The maximum atomic E-state index is 12.1. The highest BCUT2D eigenvalue weighted by atomic mass is 16.6. The number of nitrogens with two attached hydrogens (primary N) is 1. The first-order valence-electron chi connectivity index (χ1n) is 15.8. The van der Waals surface area contributed by atoms with Crippen LogP contribution in [-0.4, -0.2) is 57.8 Å². The molecular weight excluding hydrogens is 596 g/mol. The van der Waals surface area contributed by atoms with Crippen LogP contribution in [0.1, 0.15) is 28.5 Å². The molecule has 5 aromatic rings. The van der Waals surface area contributed by atoms with Gasteiger partial charge in [-0.15, -0.1) is 0 Å². The van der Waals surface area contributed by atoms with Crippen molar-refractivity contribution in [3.8, 4) is 0 Å². The van der Waals surface area contributed by atoms with Crippen molar-refractivity contribution < 1.29 is 34.0 Å². The highest BCUT2D eigenvalue weighted by molar-refractivity contribution is 5.85. The van der Waals surface area contributed by atoms with Gasteiger partial charge in [-0.2, -0.15) is 0 Å². The topological polar surface area (TPSA) is 125 Å². The molecule has 9 nitrogen and oxygen atoms in total. The van der Waals surface area contributed by atoms with Gasteiger partial charge in [0.1, 0.15) is 30.5 Å². The Morgan fingerprint density at radius 3 is 1.89 bits per heavy atom. The Bertz CT molecular complexity index is 1710. The SMILES string of the molecule is NC(Cc1cn([C@H]2O[C@H](COCc3ccccc3)[C@@H](OCc3ccccc3)[C@H](OCc3ccccc3)[C@@H]2O)c2ccccc12)C(=O)O. The smallest absolute Gasteiger partial charge is 0.320 e. The van der Waals surface area contributed by atoms with Crippen molar-refractivity contribution in [3.63, 3.8) is 0 Å². The van der Waals surface area contributed by atoms with Gasteiger partial charge in [-0.1, -0.05) is 109 Å². The molecule has 2 heterocycles. The number of fused-ring (bicyclic) bond motifs is 1. The fourth-order valence-corrected chi connectivity index (χ4v) is 6.04. The molecule has 1 aliphatic heterocycles. The van der Waals surface area contributed by atoms with Gasteiger partial charge in [0.15, 0.2) is 6.23 Å². The largest absolute Gasteiger partial charge is 0.480 e. The molecule has 0 amide bonds. The summed E-state index contributed by atoms with van der Waals surface area (Å²) in [5, 5.41) is 22.4. The van der Waals surface area contributed by atoms with Crippen molar-refractivity contribution in [1.29, 1.82) is 0 Å². The fourth-order valence-electron chi connectivity index (χ4n) is 6.04. The van der Waals surface area contributed by atoms with Crippen LogP contribution in [0.15, 0.2) is 121 Å². The zero-order valence-electron chi connectivity index (χ0n) is 26.0. The Labute approximate surface area is 274 Å². The zero-order chi connectivity index (χ0) is 32.6. The average Bonchev–Trinajstić information content (AvgIpc) is 3.46. The van der Waals surface area contributed by atoms with Gasteiger partial charge < -0.3 is 39.5 Å². The van der Waals surface area contributed by atoms with Gasteiger partial charge in [-0.3, -0.25) is 4.79 Å². The number of para-hydroxylation sites is 1. The number of ether oxygens (including phenoxy) is 4. The summed E-state index contributed by atoms with van der Waals surface area (Å²) in [5.41, 5.74) is 10.4. The van der Waals surface area contributed by atoms with Crippen LogP contribution in [0.5, 0.6) is 0 Å². The van der Waals surface area contributed by atoms with E-state index < -0.39 is 42.7 Å². The van der Waals surface area contributed by atoms with Crippen molar-refractivity contribution in [2.24, 2.45) is 5.73 Å². The van der Waals surface area contributed by atoms with Gasteiger partial charge in [-0.25, -0.2) is 0 Å². The van der Waals surface area contributed by atoms with E-state index in [-0.39, 0.29) is 26.2 Å². The highest BCUT2D eigenvalue weighted by Crippen LogP contribution is 2.36. The summed E-state index contributed by atoms with van der Waals surface area (Å²) in [4.78, 5) is 11.6.